The number of esters is 2. The lowest BCUT2D eigenvalue weighted by molar-refractivity contribution is 0.0496. The number of phenols is 1. The Hall–Kier alpha value is -4.27. The first-order valence-corrected chi connectivity index (χ1v) is 11.0. The van der Waals surface area contributed by atoms with Gasteiger partial charge in [0.05, 0.1) is 23.5 Å². The summed E-state index contributed by atoms with van der Waals surface area (Å²) in [7, 11) is 3.85. The highest BCUT2D eigenvalue weighted by atomic mass is 19.1. The standard InChI is InChI=1S/C26H26FN3O5/c1-4-5-14-34-25(32)22-13-11-20(16-24(22)31)35-26(33)21-12-8-18(15-23(21)27)29-28-17-6-9-19(10-7-17)30(2)3/h6-13,15-16,31H,4-5,14H2,1-3H3. The van der Waals surface area contributed by atoms with Gasteiger partial charge >= 0.3 is 11.9 Å². The number of aromatic hydroxyl groups is 1. The largest absolute Gasteiger partial charge is 0.507 e. The molecular formula is C26H26FN3O5. The van der Waals surface area contributed by atoms with E-state index in [1.54, 1.807) is 12.1 Å². The number of carbonyl (C=O) groups is 2. The molecule has 3 aromatic rings. The van der Waals surface area contributed by atoms with E-state index in [2.05, 4.69) is 10.2 Å². The van der Waals surface area contributed by atoms with Crippen LogP contribution in [0.25, 0.3) is 0 Å². The zero-order valence-electron chi connectivity index (χ0n) is 19.7. The van der Waals surface area contributed by atoms with Crippen LogP contribution in [0.15, 0.2) is 70.9 Å². The second kappa shape index (κ2) is 11.7. The van der Waals surface area contributed by atoms with Gasteiger partial charge in [0.15, 0.2) is 0 Å². The Morgan fingerprint density at radius 3 is 2.20 bits per heavy atom. The topological polar surface area (TPSA) is 101 Å². The fraction of sp³-hybridized carbons (Fsp3) is 0.231. The molecule has 3 rings (SSSR count). The fourth-order valence-corrected chi connectivity index (χ4v) is 2.96. The maximum Gasteiger partial charge on any atom is 0.346 e. The Labute approximate surface area is 202 Å². The quantitative estimate of drug-likeness (QED) is 0.170. The number of ether oxygens (including phenoxy) is 2. The van der Waals surface area contributed by atoms with Gasteiger partial charge in [0.1, 0.15) is 22.9 Å². The van der Waals surface area contributed by atoms with Crippen LogP contribution in [0.2, 0.25) is 0 Å². The molecule has 0 saturated heterocycles. The van der Waals surface area contributed by atoms with Gasteiger partial charge in [-0.1, -0.05) is 13.3 Å². The van der Waals surface area contributed by atoms with Crippen molar-refractivity contribution in [2.45, 2.75) is 19.8 Å². The lowest BCUT2D eigenvalue weighted by Gasteiger charge is -2.11. The third kappa shape index (κ3) is 6.86. The van der Waals surface area contributed by atoms with E-state index in [1.165, 1.54) is 24.3 Å². The first-order chi connectivity index (χ1) is 16.8. The number of hydrogen-bond donors (Lipinski definition) is 1. The highest BCUT2D eigenvalue weighted by Gasteiger charge is 2.18. The average molecular weight is 480 g/mol. The lowest BCUT2D eigenvalue weighted by Crippen LogP contribution is -2.11. The second-order valence-corrected chi connectivity index (χ2v) is 7.83. The number of halogens is 1. The van der Waals surface area contributed by atoms with Crippen molar-refractivity contribution >= 4 is 29.0 Å². The van der Waals surface area contributed by atoms with Gasteiger partial charge in [0, 0.05) is 31.9 Å². The van der Waals surface area contributed by atoms with Crippen LogP contribution in [0, 0.1) is 5.82 Å². The molecule has 0 heterocycles. The lowest BCUT2D eigenvalue weighted by atomic mass is 10.2. The molecule has 0 amide bonds. The third-order valence-corrected chi connectivity index (χ3v) is 4.95. The number of unbranched alkanes of at least 4 members (excludes halogenated alkanes) is 1. The van der Waals surface area contributed by atoms with Crippen molar-refractivity contribution in [2.24, 2.45) is 10.2 Å². The van der Waals surface area contributed by atoms with Gasteiger partial charge in [-0.15, -0.1) is 0 Å². The molecule has 0 bridgehead atoms. The number of nitrogens with zero attached hydrogens (tertiary/aromatic N) is 3. The molecule has 8 nitrogen and oxygen atoms in total. The Bertz CT molecular complexity index is 1230. The van der Waals surface area contributed by atoms with Gasteiger partial charge in [-0.25, -0.2) is 14.0 Å². The Kier molecular flexibility index (Phi) is 8.50. The van der Waals surface area contributed by atoms with Gasteiger partial charge in [-0.3, -0.25) is 0 Å². The number of azo groups is 1. The molecule has 0 aromatic heterocycles. The van der Waals surface area contributed by atoms with Gasteiger partial charge in [0.25, 0.3) is 0 Å². The van der Waals surface area contributed by atoms with Crippen LogP contribution in [-0.2, 0) is 4.74 Å². The minimum atomic E-state index is -0.970. The highest BCUT2D eigenvalue weighted by Crippen LogP contribution is 2.27. The van der Waals surface area contributed by atoms with Gasteiger partial charge < -0.3 is 19.5 Å². The van der Waals surface area contributed by atoms with E-state index in [-0.39, 0.29) is 29.2 Å². The number of benzene rings is 3. The normalized spacial score (nSPS) is 10.9. The smallest absolute Gasteiger partial charge is 0.346 e. The average Bonchev–Trinajstić information content (AvgIpc) is 2.83. The number of rotatable bonds is 9. The molecule has 0 saturated carbocycles. The molecule has 3 aromatic carbocycles. The number of phenolic OH excluding ortho intramolecular Hbond substituents is 1. The second-order valence-electron chi connectivity index (χ2n) is 7.83. The minimum absolute atomic E-state index is 0.0538. The third-order valence-electron chi connectivity index (χ3n) is 4.95. The molecule has 1 N–H and O–H groups in total. The Morgan fingerprint density at radius 2 is 1.57 bits per heavy atom. The molecule has 0 fully saturated rings. The summed E-state index contributed by atoms with van der Waals surface area (Å²) in [6.45, 7) is 2.20. The van der Waals surface area contributed by atoms with Crippen LogP contribution in [0.5, 0.6) is 11.5 Å². The van der Waals surface area contributed by atoms with Crippen molar-refractivity contribution in [1.82, 2.24) is 0 Å². The molecule has 0 unspecified atom stereocenters. The summed E-state index contributed by atoms with van der Waals surface area (Å²) < 4.78 is 24.7. The zero-order valence-corrected chi connectivity index (χ0v) is 19.7. The van der Waals surface area contributed by atoms with Gasteiger partial charge in [-0.2, -0.15) is 10.2 Å². The molecule has 0 aliphatic heterocycles. The number of carbonyl (C=O) groups excluding carboxylic acids is 2. The van der Waals surface area contributed by atoms with Crippen molar-refractivity contribution in [2.75, 3.05) is 25.6 Å². The van der Waals surface area contributed by atoms with Crippen molar-refractivity contribution in [1.29, 1.82) is 0 Å². The molecule has 35 heavy (non-hydrogen) atoms. The first-order valence-electron chi connectivity index (χ1n) is 11.0. The van der Waals surface area contributed by atoms with E-state index in [0.29, 0.717) is 12.1 Å². The van der Waals surface area contributed by atoms with E-state index in [4.69, 9.17) is 9.47 Å². The fourth-order valence-electron chi connectivity index (χ4n) is 2.96. The van der Waals surface area contributed by atoms with Crippen molar-refractivity contribution in [3.05, 3.63) is 77.6 Å². The molecule has 0 atom stereocenters. The van der Waals surface area contributed by atoms with E-state index in [9.17, 15) is 19.1 Å². The molecular weight excluding hydrogens is 453 g/mol. The minimum Gasteiger partial charge on any atom is -0.507 e. The van der Waals surface area contributed by atoms with Crippen molar-refractivity contribution in [3.8, 4) is 11.5 Å². The van der Waals surface area contributed by atoms with Crippen LogP contribution in [0.3, 0.4) is 0 Å². The SMILES string of the molecule is CCCCOC(=O)c1ccc(OC(=O)c2ccc(N=Nc3ccc(N(C)C)cc3)cc2F)cc1O. The summed E-state index contributed by atoms with van der Waals surface area (Å²) in [6.07, 6.45) is 1.57. The summed E-state index contributed by atoms with van der Waals surface area (Å²) in [4.78, 5) is 26.4. The molecule has 0 aliphatic rings. The van der Waals surface area contributed by atoms with E-state index >= 15 is 0 Å². The highest BCUT2D eigenvalue weighted by molar-refractivity contribution is 5.94. The molecule has 0 radical (unpaired) electrons. The van der Waals surface area contributed by atoms with Gasteiger partial charge in [0.2, 0.25) is 0 Å². The molecule has 9 heteroatoms. The van der Waals surface area contributed by atoms with Crippen LogP contribution < -0.4 is 9.64 Å². The Morgan fingerprint density at radius 1 is 0.914 bits per heavy atom. The molecule has 0 aliphatic carbocycles. The van der Waals surface area contributed by atoms with Gasteiger partial charge in [-0.05, 0) is 55.0 Å². The zero-order chi connectivity index (χ0) is 25.4. The summed E-state index contributed by atoms with van der Waals surface area (Å²) in [5.41, 5.74) is 1.45. The first kappa shape index (κ1) is 25.4. The monoisotopic (exact) mass is 479 g/mol. The van der Waals surface area contributed by atoms with Crippen LogP contribution >= 0.6 is 0 Å². The number of hydrogen-bond acceptors (Lipinski definition) is 8. The predicted molar refractivity (Wildman–Crippen MR) is 130 cm³/mol. The summed E-state index contributed by atoms with van der Waals surface area (Å²) in [5.74, 6) is -2.95. The van der Waals surface area contributed by atoms with Crippen molar-refractivity contribution < 1.29 is 28.6 Å². The van der Waals surface area contributed by atoms with Crippen molar-refractivity contribution in [3.63, 3.8) is 0 Å². The van der Waals surface area contributed by atoms with E-state index in [0.717, 1.165) is 24.2 Å². The van der Waals surface area contributed by atoms with E-state index in [1.807, 2.05) is 38.1 Å². The van der Waals surface area contributed by atoms with Crippen LogP contribution in [-0.4, -0.2) is 37.7 Å². The molecule has 0 spiro atoms. The predicted octanol–water partition coefficient (Wildman–Crippen LogP) is 6.19. The maximum atomic E-state index is 14.5. The number of anilines is 1. The summed E-state index contributed by atoms with van der Waals surface area (Å²) >= 11 is 0. The molecule has 182 valence electrons. The summed E-state index contributed by atoms with van der Waals surface area (Å²) in [5, 5.41) is 18.2. The van der Waals surface area contributed by atoms with E-state index < -0.39 is 23.5 Å². The Balaban J connectivity index is 1.65. The van der Waals surface area contributed by atoms with Crippen LogP contribution in [0.1, 0.15) is 40.5 Å². The maximum absolute atomic E-state index is 14.5. The van der Waals surface area contributed by atoms with Crippen LogP contribution in [0.4, 0.5) is 21.5 Å². The summed E-state index contributed by atoms with van der Waals surface area (Å²) in [6, 6.07) is 14.8.